The van der Waals surface area contributed by atoms with Gasteiger partial charge >= 0.3 is 0 Å². The summed E-state index contributed by atoms with van der Waals surface area (Å²) >= 11 is 0. The second kappa shape index (κ2) is 8.18. The highest BCUT2D eigenvalue weighted by Gasteiger charge is 2.00. The van der Waals surface area contributed by atoms with E-state index in [2.05, 4.69) is 56.9 Å². The van der Waals surface area contributed by atoms with Crippen molar-refractivity contribution < 1.29 is 0 Å². The first-order valence-corrected chi connectivity index (χ1v) is 7.04. The highest BCUT2D eigenvalue weighted by molar-refractivity contribution is 5.38. The fourth-order valence-corrected chi connectivity index (χ4v) is 2.07. The number of nitrogen functional groups attached to an aromatic ring is 1. The lowest BCUT2D eigenvalue weighted by Gasteiger charge is -2.16. The minimum absolute atomic E-state index is 0.418. The molecule has 2 rings (SSSR count). The molecule has 6 nitrogen and oxygen atoms in total. The van der Waals surface area contributed by atoms with Crippen LogP contribution in [0.2, 0.25) is 0 Å². The zero-order valence-corrected chi connectivity index (χ0v) is 12.3. The Morgan fingerprint density at radius 2 is 2.00 bits per heavy atom. The van der Waals surface area contributed by atoms with E-state index in [0.29, 0.717) is 5.95 Å². The van der Waals surface area contributed by atoms with Crippen LogP contribution in [0.5, 0.6) is 0 Å². The van der Waals surface area contributed by atoms with E-state index in [-0.39, 0.29) is 0 Å². The molecule has 0 aliphatic heterocycles. The summed E-state index contributed by atoms with van der Waals surface area (Å²) in [5.41, 5.74) is 3.77. The summed E-state index contributed by atoms with van der Waals surface area (Å²) in [6, 6.07) is 12.3. The quantitative estimate of drug-likeness (QED) is 0.389. The van der Waals surface area contributed by atoms with Crippen LogP contribution < -0.4 is 16.6 Å². The molecular weight excluding hydrogens is 264 g/mol. The zero-order chi connectivity index (χ0) is 14.9. The van der Waals surface area contributed by atoms with Crippen molar-refractivity contribution in [2.45, 2.75) is 13.0 Å². The molecule has 21 heavy (non-hydrogen) atoms. The Kier molecular flexibility index (Phi) is 5.93. The van der Waals surface area contributed by atoms with Gasteiger partial charge in [-0.05, 0) is 31.6 Å². The number of aromatic nitrogens is 2. The van der Waals surface area contributed by atoms with Gasteiger partial charge in [0.05, 0.1) is 0 Å². The van der Waals surface area contributed by atoms with E-state index in [1.165, 1.54) is 5.56 Å². The van der Waals surface area contributed by atoms with Gasteiger partial charge in [0.15, 0.2) is 0 Å². The molecule has 4 N–H and O–H groups in total. The van der Waals surface area contributed by atoms with E-state index in [4.69, 9.17) is 5.84 Å². The van der Waals surface area contributed by atoms with E-state index in [1.807, 2.05) is 12.1 Å². The van der Waals surface area contributed by atoms with Crippen molar-refractivity contribution in [1.82, 2.24) is 14.9 Å². The number of hydrogen-bond acceptors (Lipinski definition) is 6. The Morgan fingerprint density at radius 1 is 1.19 bits per heavy atom. The van der Waals surface area contributed by atoms with Gasteiger partial charge in [0.25, 0.3) is 0 Å². The molecule has 2 aromatic rings. The number of nitrogens with zero attached hydrogens (tertiary/aromatic N) is 3. The predicted octanol–water partition coefficient (Wildman–Crippen LogP) is 1.70. The van der Waals surface area contributed by atoms with Crippen LogP contribution in [0.3, 0.4) is 0 Å². The summed E-state index contributed by atoms with van der Waals surface area (Å²) in [6.07, 6.45) is 2.71. The van der Waals surface area contributed by atoms with E-state index in [0.717, 1.165) is 31.9 Å². The third-order valence-corrected chi connectivity index (χ3v) is 3.10. The summed E-state index contributed by atoms with van der Waals surface area (Å²) in [7, 11) is 2.13. The van der Waals surface area contributed by atoms with Crippen LogP contribution in [0.4, 0.5) is 11.8 Å². The van der Waals surface area contributed by atoms with E-state index in [9.17, 15) is 0 Å². The monoisotopic (exact) mass is 286 g/mol. The predicted molar refractivity (Wildman–Crippen MR) is 85.7 cm³/mol. The molecule has 0 bridgehead atoms. The minimum Gasteiger partial charge on any atom is -0.370 e. The molecule has 6 heteroatoms. The van der Waals surface area contributed by atoms with Gasteiger partial charge < -0.3 is 10.2 Å². The lowest BCUT2D eigenvalue weighted by atomic mass is 10.2. The van der Waals surface area contributed by atoms with Crippen LogP contribution in [0, 0.1) is 0 Å². The summed E-state index contributed by atoms with van der Waals surface area (Å²) in [5, 5.41) is 3.27. The number of hydrogen-bond donors (Lipinski definition) is 3. The van der Waals surface area contributed by atoms with Crippen molar-refractivity contribution in [2.75, 3.05) is 30.9 Å². The van der Waals surface area contributed by atoms with Gasteiger partial charge in [-0.3, -0.25) is 5.43 Å². The first kappa shape index (κ1) is 15.2. The topological polar surface area (TPSA) is 79.1 Å². The Balaban J connectivity index is 1.67. The fourth-order valence-electron chi connectivity index (χ4n) is 2.07. The van der Waals surface area contributed by atoms with Crippen LogP contribution >= 0.6 is 0 Å². The summed E-state index contributed by atoms with van der Waals surface area (Å²) in [5.74, 6) is 6.48. The third kappa shape index (κ3) is 5.37. The molecule has 1 aromatic heterocycles. The minimum atomic E-state index is 0.418. The molecule has 112 valence electrons. The number of rotatable bonds is 8. The van der Waals surface area contributed by atoms with Gasteiger partial charge in [-0.25, -0.2) is 10.8 Å². The van der Waals surface area contributed by atoms with E-state index >= 15 is 0 Å². The summed E-state index contributed by atoms with van der Waals surface area (Å²) in [4.78, 5) is 10.5. The maximum atomic E-state index is 5.28. The number of benzene rings is 1. The Bertz CT molecular complexity index is 531. The molecule has 0 saturated carbocycles. The molecule has 0 atom stereocenters. The standard InChI is InChI=1S/C15H22N6/c1-21(12-13-6-3-2-4-7-13)11-5-9-17-14-8-10-18-15(19-14)20-16/h2-4,6-8,10H,5,9,11-12,16H2,1H3,(H2,17,18,19,20). The van der Waals surface area contributed by atoms with Gasteiger partial charge in [-0.15, -0.1) is 0 Å². The number of hydrazine groups is 1. The molecule has 0 fully saturated rings. The molecule has 1 heterocycles. The van der Waals surface area contributed by atoms with Crippen molar-refractivity contribution in [1.29, 1.82) is 0 Å². The molecule has 0 amide bonds. The third-order valence-electron chi connectivity index (χ3n) is 3.10. The molecule has 0 aliphatic carbocycles. The van der Waals surface area contributed by atoms with Crippen LogP contribution in [0.25, 0.3) is 0 Å². The smallest absolute Gasteiger partial charge is 0.239 e. The number of anilines is 2. The van der Waals surface area contributed by atoms with E-state index < -0.39 is 0 Å². The van der Waals surface area contributed by atoms with Crippen molar-refractivity contribution >= 4 is 11.8 Å². The maximum absolute atomic E-state index is 5.28. The number of nitrogens with one attached hydrogen (secondary N) is 2. The first-order valence-electron chi connectivity index (χ1n) is 7.04. The average Bonchev–Trinajstić information content (AvgIpc) is 2.53. The molecular formula is C15H22N6. The van der Waals surface area contributed by atoms with Gasteiger partial charge in [0, 0.05) is 19.3 Å². The second-order valence-electron chi connectivity index (χ2n) is 4.91. The van der Waals surface area contributed by atoms with Crippen LogP contribution in [-0.2, 0) is 6.54 Å². The van der Waals surface area contributed by atoms with Crippen LogP contribution in [0.15, 0.2) is 42.6 Å². The maximum Gasteiger partial charge on any atom is 0.239 e. The van der Waals surface area contributed by atoms with Gasteiger partial charge in [-0.2, -0.15) is 4.98 Å². The van der Waals surface area contributed by atoms with Crippen molar-refractivity contribution in [3.8, 4) is 0 Å². The molecule has 1 aromatic carbocycles. The van der Waals surface area contributed by atoms with E-state index in [1.54, 1.807) is 6.20 Å². The molecule has 0 saturated heterocycles. The van der Waals surface area contributed by atoms with Gasteiger partial charge in [-0.1, -0.05) is 30.3 Å². The van der Waals surface area contributed by atoms with Crippen LogP contribution in [-0.4, -0.2) is 35.0 Å². The average molecular weight is 286 g/mol. The van der Waals surface area contributed by atoms with Crippen molar-refractivity contribution in [3.05, 3.63) is 48.2 Å². The molecule has 0 spiro atoms. The Morgan fingerprint density at radius 3 is 2.76 bits per heavy atom. The molecule has 0 radical (unpaired) electrons. The fraction of sp³-hybridized carbons (Fsp3) is 0.333. The SMILES string of the molecule is CN(CCCNc1ccnc(NN)n1)Cc1ccccc1. The van der Waals surface area contributed by atoms with Crippen LogP contribution in [0.1, 0.15) is 12.0 Å². The lowest BCUT2D eigenvalue weighted by molar-refractivity contribution is 0.325. The summed E-state index contributed by atoms with van der Waals surface area (Å²) in [6.45, 7) is 2.85. The lowest BCUT2D eigenvalue weighted by Crippen LogP contribution is -2.21. The zero-order valence-electron chi connectivity index (χ0n) is 12.3. The first-order chi connectivity index (χ1) is 10.3. The highest BCUT2D eigenvalue weighted by atomic mass is 15.3. The summed E-state index contributed by atoms with van der Waals surface area (Å²) < 4.78 is 0. The second-order valence-corrected chi connectivity index (χ2v) is 4.91. The highest BCUT2D eigenvalue weighted by Crippen LogP contribution is 2.05. The largest absolute Gasteiger partial charge is 0.370 e. The Labute approximate surface area is 125 Å². The molecule has 0 unspecified atom stereocenters. The van der Waals surface area contributed by atoms with Crippen molar-refractivity contribution in [2.24, 2.45) is 5.84 Å². The van der Waals surface area contributed by atoms with Crippen molar-refractivity contribution in [3.63, 3.8) is 0 Å². The Hall–Kier alpha value is -2.18. The van der Waals surface area contributed by atoms with Gasteiger partial charge in [0.1, 0.15) is 5.82 Å². The molecule has 0 aliphatic rings. The normalized spacial score (nSPS) is 10.6. The number of nitrogens with two attached hydrogens (primary N) is 1. The van der Waals surface area contributed by atoms with Gasteiger partial charge in [0.2, 0.25) is 5.95 Å².